The maximum absolute atomic E-state index is 4.95. The molecule has 0 N–H and O–H groups in total. The molecule has 6 rings (SSSR count). The minimum Gasteiger partial charge on any atom is -0.334 e. The molecule has 3 aromatic heterocycles. The molecule has 4 heteroatoms. The summed E-state index contributed by atoms with van der Waals surface area (Å²) in [5.74, 6) is 0. The number of imidazole rings is 2. The standard InChI is InChI=1S/C27H24N4/c1-4-17-9-8-10-18(5-2)26(17)25-15-28-27-20-12-7-6-11-19(20)21-13-22-24(30(3)16-29-22)14-23(21)31(25)27/h6-16H,4-5H2,1-3H3. The zero-order valence-electron chi connectivity index (χ0n) is 18.1. The molecule has 4 nitrogen and oxygen atoms in total. The average Bonchev–Trinajstić information content (AvgIpc) is 3.41. The summed E-state index contributed by atoms with van der Waals surface area (Å²) >= 11 is 0. The first kappa shape index (κ1) is 18.1. The third-order valence-corrected chi connectivity index (χ3v) is 6.56. The second kappa shape index (κ2) is 6.67. The van der Waals surface area contributed by atoms with Crippen LogP contribution < -0.4 is 0 Å². The molecular formula is C27H24N4. The van der Waals surface area contributed by atoms with Crippen LogP contribution in [0.5, 0.6) is 0 Å². The summed E-state index contributed by atoms with van der Waals surface area (Å²) < 4.78 is 4.45. The molecule has 0 fully saturated rings. The van der Waals surface area contributed by atoms with E-state index >= 15 is 0 Å². The van der Waals surface area contributed by atoms with Crippen LogP contribution in [0, 0.1) is 0 Å². The lowest BCUT2D eigenvalue weighted by atomic mass is 9.95. The molecule has 0 radical (unpaired) electrons. The van der Waals surface area contributed by atoms with Gasteiger partial charge in [-0.2, -0.15) is 0 Å². The van der Waals surface area contributed by atoms with Gasteiger partial charge >= 0.3 is 0 Å². The molecule has 0 atom stereocenters. The van der Waals surface area contributed by atoms with E-state index in [-0.39, 0.29) is 0 Å². The molecule has 0 aliphatic rings. The van der Waals surface area contributed by atoms with Crippen molar-refractivity contribution in [2.75, 3.05) is 0 Å². The van der Waals surface area contributed by atoms with E-state index in [0.29, 0.717) is 0 Å². The number of aryl methyl sites for hydroxylation is 3. The Balaban J connectivity index is 1.87. The van der Waals surface area contributed by atoms with Crippen molar-refractivity contribution in [2.24, 2.45) is 7.05 Å². The van der Waals surface area contributed by atoms with Crippen molar-refractivity contribution in [3.8, 4) is 11.3 Å². The van der Waals surface area contributed by atoms with Gasteiger partial charge in [-0.3, -0.25) is 4.40 Å². The lowest BCUT2D eigenvalue weighted by molar-refractivity contribution is 0.948. The zero-order valence-corrected chi connectivity index (χ0v) is 18.1. The molecule has 0 aliphatic heterocycles. The Morgan fingerprint density at radius 2 is 1.52 bits per heavy atom. The Morgan fingerprint density at radius 3 is 2.26 bits per heavy atom. The molecule has 152 valence electrons. The summed E-state index contributed by atoms with van der Waals surface area (Å²) in [5.41, 5.74) is 9.54. The normalized spacial score (nSPS) is 12.0. The van der Waals surface area contributed by atoms with E-state index in [1.165, 1.54) is 44.1 Å². The number of pyridine rings is 1. The van der Waals surface area contributed by atoms with Crippen molar-refractivity contribution in [1.82, 2.24) is 18.9 Å². The van der Waals surface area contributed by atoms with Crippen LogP contribution in [-0.4, -0.2) is 18.9 Å². The molecule has 0 bridgehead atoms. The summed E-state index contributed by atoms with van der Waals surface area (Å²) in [5, 5.41) is 3.60. The van der Waals surface area contributed by atoms with Gasteiger partial charge in [-0.1, -0.05) is 56.3 Å². The average molecular weight is 405 g/mol. The number of rotatable bonds is 3. The van der Waals surface area contributed by atoms with Crippen molar-refractivity contribution in [1.29, 1.82) is 0 Å². The molecule has 0 aliphatic carbocycles. The van der Waals surface area contributed by atoms with E-state index < -0.39 is 0 Å². The molecule has 0 spiro atoms. The van der Waals surface area contributed by atoms with Gasteiger partial charge in [0.1, 0.15) is 5.65 Å². The topological polar surface area (TPSA) is 35.1 Å². The third-order valence-electron chi connectivity index (χ3n) is 6.56. The van der Waals surface area contributed by atoms with E-state index in [9.17, 15) is 0 Å². The third kappa shape index (κ3) is 2.48. The molecule has 31 heavy (non-hydrogen) atoms. The van der Waals surface area contributed by atoms with Crippen LogP contribution in [0.15, 0.2) is 67.1 Å². The second-order valence-electron chi connectivity index (χ2n) is 8.22. The largest absolute Gasteiger partial charge is 0.334 e. The summed E-state index contributed by atoms with van der Waals surface area (Å²) in [6.45, 7) is 4.46. The van der Waals surface area contributed by atoms with Gasteiger partial charge in [0.15, 0.2) is 0 Å². The van der Waals surface area contributed by atoms with Crippen LogP contribution in [0.3, 0.4) is 0 Å². The van der Waals surface area contributed by atoms with Crippen LogP contribution in [0.2, 0.25) is 0 Å². The fourth-order valence-corrected chi connectivity index (χ4v) is 5.01. The molecule has 0 saturated carbocycles. The molecule has 0 amide bonds. The molecule has 3 aromatic carbocycles. The Bertz CT molecular complexity index is 1600. The summed E-state index contributed by atoms with van der Waals surface area (Å²) in [6, 6.07) is 19.7. The summed E-state index contributed by atoms with van der Waals surface area (Å²) in [6.07, 6.45) is 5.93. The van der Waals surface area contributed by atoms with Crippen molar-refractivity contribution in [2.45, 2.75) is 26.7 Å². The maximum Gasteiger partial charge on any atom is 0.145 e. The van der Waals surface area contributed by atoms with Gasteiger partial charge in [0.25, 0.3) is 0 Å². The van der Waals surface area contributed by atoms with E-state index in [4.69, 9.17) is 4.98 Å². The highest BCUT2D eigenvalue weighted by molar-refractivity contribution is 6.15. The number of hydrogen-bond donors (Lipinski definition) is 0. The fourth-order valence-electron chi connectivity index (χ4n) is 5.01. The predicted octanol–water partition coefficient (Wildman–Crippen LogP) is 6.32. The molecule has 6 aromatic rings. The SMILES string of the molecule is CCc1cccc(CC)c1-c1cnc2c3ccccc3c3cc4ncn(C)c4cc3n12. The monoisotopic (exact) mass is 404 g/mol. The Morgan fingerprint density at radius 1 is 0.774 bits per heavy atom. The number of nitrogens with zero attached hydrogens (tertiary/aromatic N) is 4. The van der Waals surface area contributed by atoms with Gasteiger partial charge in [0.05, 0.1) is 34.8 Å². The van der Waals surface area contributed by atoms with Crippen LogP contribution in [-0.2, 0) is 19.9 Å². The molecular weight excluding hydrogens is 380 g/mol. The van der Waals surface area contributed by atoms with Gasteiger partial charge in [0.2, 0.25) is 0 Å². The van der Waals surface area contributed by atoms with Gasteiger partial charge < -0.3 is 4.57 Å². The van der Waals surface area contributed by atoms with E-state index in [1.54, 1.807) is 0 Å². The van der Waals surface area contributed by atoms with Crippen molar-refractivity contribution >= 4 is 38.4 Å². The minimum atomic E-state index is 0.994. The van der Waals surface area contributed by atoms with E-state index in [1.807, 2.05) is 6.33 Å². The summed E-state index contributed by atoms with van der Waals surface area (Å²) in [7, 11) is 2.05. The van der Waals surface area contributed by atoms with E-state index in [2.05, 4.69) is 95.6 Å². The Hall–Kier alpha value is -3.66. The van der Waals surface area contributed by atoms with Gasteiger partial charge in [0, 0.05) is 23.4 Å². The van der Waals surface area contributed by atoms with Crippen LogP contribution in [0.25, 0.3) is 49.6 Å². The lowest BCUT2D eigenvalue weighted by Gasteiger charge is -2.15. The molecule has 3 heterocycles. The first-order valence-electron chi connectivity index (χ1n) is 10.9. The number of benzene rings is 3. The van der Waals surface area contributed by atoms with Crippen LogP contribution in [0.4, 0.5) is 0 Å². The molecule has 0 unspecified atom stereocenters. The second-order valence-corrected chi connectivity index (χ2v) is 8.22. The minimum absolute atomic E-state index is 0.994. The highest BCUT2D eigenvalue weighted by atomic mass is 15.0. The summed E-state index contributed by atoms with van der Waals surface area (Å²) in [4.78, 5) is 9.57. The first-order valence-corrected chi connectivity index (χ1v) is 10.9. The maximum atomic E-state index is 4.95. The van der Waals surface area contributed by atoms with Gasteiger partial charge in [-0.25, -0.2) is 9.97 Å². The highest BCUT2D eigenvalue weighted by Crippen LogP contribution is 2.37. The Kier molecular flexibility index (Phi) is 3.90. The van der Waals surface area contributed by atoms with Crippen molar-refractivity contribution < 1.29 is 0 Å². The van der Waals surface area contributed by atoms with Crippen molar-refractivity contribution in [3.63, 3.8) is 0 Å². The lowest BCUT2D eigenvalue weighted by Crippen LogP contribution is -1.99. The van der Waals surface area contributed by atoms with Crippen molar-refractivity contribution in [3.05, 3.63) is 78.2 Å². The number of hydrogen-bond acceptors (Lipinski definition) is 2. The number of aromatic nitrogens is 4. The van der Waals surface area contributed by atoms with Gasteiger partial charge in [-0.15, -0.1) is 0 Å². The smallest absolute Gasteiger partial charge is 0.145 e. The highest BCUT2D eigenvalue weighted by Gasteiger charge is 2.18. The van der Waals surface area contributed by atoms with Gasteiger partial charge in [-0.05, 0) is 41.5 Å². The quantitative estimate of drug-likeness (QED) is 0.324. The molecule has 0 saturated heterocycles. The van der Waals surface area contributed by atoms with Crippen LogP contribution >= 0.6 is 0 Å². The fraction of sp³-hybridized carbons (Fsp3) is 0.185. The van der Waals surface area contributed by atoms with E-state index in [0.717, 1.165) is 29.5 Å². The predicted molar refractivity (Wildman–Crippen MR) is 129 cm³/mol. The number of fused-ring (bicyclic) bond motifs is 7. The Labute approximate surface area is 180 Å². The zero-order chi connectivity index (χ0) is 21.1. The van der Waals surface area contributed by atoms with Crippen LogP contribution in [0.1, 0.15) is 25.0 Å². The first-order chi connectivity index (χ1) is 15.2.